The Kier molecular flexibility index (Phi) is 15.2. The molecule has 0 atom stereocenters. The molecule has 3 N–H and O–H groups in total. The van der Waals surface area contributed by atoms with Gasteiger partial charge >= 0.3 is 35.2 Å². The third-order valence-electron chi connectivity index (χ3n) is 7.64. The van der Waals surface area contributed by atoms with Crippen LogP contribution in [-0.2, 0) is 19.0 Å². The molecular weight excluding hydrogens is 605 g/mol. The van der Waals surface area contributed by atoms with Crippen LogP contribution in [0.4, 0.5) is 9.59 Å². The number of ketones is 1. The second kappa shape index (κ2) is 15.4. The molecule has 41 heavy (non-hydrogen) atoms. The van der Waals surface area contributed by atoms with Gasteiger partial charge in [0.15, 0.2) is 0 Å². The van der Waals surface area contributed by atoms with Gasteiger partial charge in [-0.15, -0.1) is 0 Å². The van der Waals surface area contributed by atoms with Gasteiger partial charge < -0.3 is 54.4 Å². The number of hydrogen-bond donors (Lipinski definition) is 3. The van der Waals surface area contributed by atoms with E-state index in [0.29, 0.717) is 24.0 Å². The summed E-state index contributed by atoms with van der Waals surface area (Å²) in [5.74, 6) is 0.357. The van der Waals surface area contributed by atoms with Gasteiger partial charge in [-0.25, -0.2) is 9.59 Å². The number of halogens is 1. The molecule has 1 saturated heterocycles. The summed E-state index contributed by atoms with van der Waals surface area (Å²) in [5, 5.41) is 15.4. The Labute approximate surface area is 274 Å². The van der Waals surface area contributed by atoms with Gasteiger partial charge in [-0.3, -0.25) is 4.79 Å². The molecular formula is C30H53BrMgN2O7. The van der Waals surface area contributed by atoms with Crippen LogP contribution >= 0.6 is 0 Å². The van der Waals surface area contributed by atoms with Crippen LogP contribution in [0.25, 0.3) is 0 Å². The summed E-state index contributed by atoms with van der Waals surface area (Å²) >= 11 is 0. The van der Waals surface area contributed by atoms with Gasteiger partial charge in [0.25, 0.3) is 0 Å². The molecule has 5 aliphatic rings. The normalized spacial score (nSPS) is 28.9. The summed E-state index contributed by atoms with van der Waals surface area (Å²) in [4.78, 5) is 33.9. The van der Waals surface area contributed by atoms with Crippen molar-refractivity contribution in [1.29, 1.82) is 0 Å². The fourth-order valence-electron chi connectivity index (χ4n) is 6.56. The van der Waals surface area contributed by atoms with E-state index in [-0.39, 0.29) is 77.1 Å². The van der Waals surface area contributed by atoms with E-state index in [1.165, 1.54) is 12.8 Å². The Hall–Kier alpha value is -0.624. The molecule has 0 bridgehead atoms. The Balaban J connectivity index is 0.000000628. The summed E-state index contributed by atoms with van der Waals surface area (Å²) in [5.41, 5.74) is -0.833. The maximum Gasteiger partial charge on any atom is 2.00 e. The number of amides is 2. The van der Waals surface area contributed by atoms with E-state index >= 15 is 0 Å². The average molecular weight is 658 g/mol. The zero-order valence-corrected chi connectivity index (χ0v) is 29.6. The van der Waals surface area contributed by atoms with E-state index in [2.05, 4.69) is 10.6 Å². The van der Waals surface area contributed by atoms with Gasteiger partial charge in [0.2, 0.25) is 0 Å². The van der Waals surface area contributed by atoms with Gasteiger partial charge in [0.1, 0.15) is 17.0 Å². The van der Waals surface area contributed by atoms with Crippen molar-refractivity contribution in [3.8, 4) is 0 Å². The third-order valence-corrected chi connectivity index (χ3v) is 7.64. The first-order valence-corrected chi connectivity index (χ1v) is 14.2. The minimum absolute atomic E-state index is 0. The number of rotatable bonds is 2. The first-order chi connectivity index (χ1) is 17.4. The first kappa shape index (κ1) is 40.4. The number of Topliss-reactive ketones (excluding diaryl/α,β-unsaturated/α-hetero) is 1. The number of carbonyl (C=O) groups is 3. The molecule has 5 fully saturated rings. The molecule has 5 rings (SSSR count). The fraction of sp³-hybridized carbons (Fsp3) is 0.867. The molecule has 2 amide bonds. The van der Waals surface area contributed by atoms with Crippen LogP contribution in [0, 0.1) is 18.3 Å². The molecule has 4 aliphatic carbocycles. The summed E-state index contributed by atoms with van der Waals surface area (Å²) in [6.07, 6.45) is 8.83. The average Bonchev–Trinajstić information content (AvgIpc) is 3.19. The molecule has 11 heteroatoms. The second-order valence-corrected chi connectivity index (χ2v) is 14.6. The van der Waals surface area contributed by atoms with Crippen LogP contribution in [0.2, 0.25) is 0 Å². The van der Waals surface area contributed by atoms with Crippen molar-refractivity contribution in [2.24, 2.45) is 10.8 Å². The predicted octanol–water partition coefficient (Wildman–Crippen LogP) is 2.10. The molecule has 0 aromatic heterocycles. The summed E-state index contributed by atoms with van der Waals surface area (Å²) in [6, 6.07) is 0.420. The van der Waals surface area contributed by atoms with E-state index in [4.69, 9.17) is 14.2 Å². The molecule has 0 aromatic rings. The molecule has 4 saturated carbocycles. The van der Waals surface area contributed by atoms with Crippen LogP contribution in [0.15, 0.2) is 0 Å². The van der Waals surface area contributed by atoms with Gasteiger partial charge in [-0.05, 0) is 111 Å². The summed E-state index contributed by atoms with van der Waals surface area (Å²) < 4.78 is 15.3. The number of ether oxygens (including phenoxy) is 3. The van der Waals surface area contributed by atoms with Crippen LogP contribution < -0.4 is 27.6 Å². The van der Waals surface area contributed by atoms with Crippen molar-refractivity contribution in [3.63, 3.8) is 0 Å². The monoisotopic (exact) mass is 656 g/mol. The van der Waals surface area contributed by atoms with Crippen LogP contribution in [0.5, 0.6) is 0 Å². The van der Waals surface area contributed by atoms with Crippen LogP contribution in [0.1, 0.15) is 113 Å². The molecule has 0 aromatic carbocycles. The van der Waals surface area contributed by atoms with E-state index in [1.807, 2.05) is 48.5 Å². The minimum atomic E-state index is -0.475. The standard InChI is InChI=1S/C13H23NO3.C12H19NO3.C4H8O.CH3.BrH.Mg/c1-11(2,3)17-10(15)14-9-5-13(6-9)7-12(4,16)8-13;1-11(2,3)16-10(15)13-8-4-12(5-8)6-9(14)7-12;1-2-4-5-3-1;;;/h9,16H,5-8H2,1-4H3,(H,14,15);8H,4-7H2,1-3H3,(H,13,15);1-4H2;1H3;1H;/q;;;-1;;+2/p-1. The third kappa shape index (κ3) is 13.3. The number of carbonyl (C=O) groups excluding carboxylic acids is 3. The fourth-order valence-corrected chi connectivity index (χ4v) is 6.56. The Morgan fingerprint density at radius 3 is 1.46 bits per heavy atom. The Morgan fingerprint density at radius 1 is 0.829 bits per heavy atom. The number of aliphatic hydroxyl groups is 1. The predicted molar refractivity (Wildman–Crippen MR) is 156 cm³/mol. The van der Waals surface area contributed by atoms with Gasteiger partial charge in [-0.2, -0.15) is 0 Å². The zero-order chi connectivity index (χ0) is 28.4. The van der Waals surface area contributed by atoms with E-state index in [9.17, 15) is 19.5 Å². The van der Waals surface area contributed by atoms with Crippen molar-refractivity contribution in [3.05, 3.63) is 7.43 Å². The number of alkyl carbamates (subject to hydrolysis) is 2. The van der Waals surface area contributed by atoms with Gasteiger partial charge in [-0.1, -0.05) is 0 Å². The zero-order valence-electron chi connectivity index (χ0n) is 26.6. The van der Waals surface area contributed by atoms with Crippen LogP contribution in [0.3, 0.4) is 0 Å². The smallest absolute Gasteiger partial charge is 1.00 e. The van der Waals surface area contributed by atoms with Crippen molar-refractivity contribution in [2.45, 2.75) is 142 Å². The van der Waals surface area contributed by atoms with E-state index in [0.717, 1.165) is 51.7 Å². The summed E-state index contributed by atoms with van der Waals surface area (Å²) in [7, 11) is 0. The van der Waals surface area contributed by atoms with Crippen LogP contribution in [-0.4, -0.2) is 88.2 Å². The van der Waals surface area contributed by atoms with Crippen molar-refractivity contribution in [2.75, 3.05) is 13.2 Å². The number of nitrogens with one attached hydrogen (secondary N) is 2. The Morgan fingerprint density at radius 2 is 1.20 bits per heavy atom. The van der Waals surface area contributed by atoms with E-state index < -0.39 is 16.8 Å². The molecule has 0 radical (unpaired) electrons. The Bertz CT molecular complexity index is 841. The first-order valence-electron chi connectivity index (χ1n) is 14.2. The molecule has 234 valence electrons. The SMILES string of the molecule is C1CCOC1.CC(C)(C)OC(=O)NC1CC2(CC(=O)C2)C1.CC1(O)CC2(CC(NC(=O)OC(C)(C)C)C2)C1.[Br-].[CH3-].[Mg+2]. The summed E-state index contributed by atoms with van der Waals surface area (Å²) in [6.45, 7) is 15.0. The maximum absolute atomic E-state index is 11.5. The second-order valence-electron chi connectivity index (χ2n) is 14.6. The molecule has 2 spiro atoms. The molecule has 9 nitrogen and oxygen atoms in total. The molecule has 0 unspecified atom stereocenters. The molecule has 1 aliphatic heterocycles. The topological polar surface area (TPSA) is 123 Å². The van der Waals surface area contributed by atoms with Crippen molar-refractivity contribution >= 4 is 41.0 Å². The van der Waals surface area contributed by atoms with Gasteiger partial charge in [0.05, 0.1) is 5.60 Å². The quantitative estimate of drug-likeness (QED) is 0.307. The van der Waals surface area contributed by atoms with E-state index in [1.54, 1.807) is 0 Å². The maximum atomic E-state index is 11.5. The number of hydrogen-bond acceptors (Lipinski definition) is 7. The molecule has 1 heterocycles. The minimum Gasteiger partial charge on any atom is -1.00 e. The van der Waals surface area contributed by atoms with Gasteiger partial charge in [0, 0.05) is 38.1 Å². The largest absolute Gasteiger partial charge is 2.00 e. The van der Waals surface area contributed by atoms with Crippen molar-refractivity contribution < 1.29 is 50.7 Å². The van der Waals surface area contributed by atoms with Crippen molar-refractivity contribution in [1.82, 2.24) is 10.6 Å².